The molecule has 37 heavy (non-hydrogen) atoms. The summed E-state index contributed by atoms with van der Waals surface area (Å²) in [5.41, 5.74) is 4.99. The average molecular weight is 498 g/mol. The number of H-pyrrole nitrogens is 1. The molecule has 9 nitrogen and oxygen atoms in total. The molecule has 3 aromatic carbocycles. The Hall–Kier alpha value is -4.66. The highest BCUT2D eigenvalue weighted by atomic mass is 16.4. The van der Waals surface area contributed by atoms with E-state index in [1.54, 1.807) is 12.1 Å². The van der Waals surface area contributed by atoms with Gasteiger partial charge in [-0.2, -0.15) is 0 Å². The molecule has 0 saturated heterocycles. The van der Waals surface area contributed by atoms with Gasteiger partial charge < -0.3 is 25.6 Å². The minimum Gasteiger partial charge on any atom is -0.481 e. The number of aromatic amines is 1. The highest BCUT2D eigenvalue weighted by molar-refractivity contribution is 6.00. The molecule has 9 heteroatoms. The number of nitrogens with one attached hydrogen (secondary N) is 3. The van der Waals surface area contributed by atoms with E-state index in [0.717, 1.165) is 27.8 Å². The molecule has 2 heterocycles. The Kier molecular flexibility index (Phi) is 6.85. The fourth-order valence-corrected chi connectivity index (χ4v) is 4.65. The first-order chi connectivity index (χ1) is 18.0. The number of para-hydroxylation sites is 3. The number of benzene rings is 3. The number of amides is 2. The van der Waals surface area contributed by atoms with Gasteiger partial charge in [0.05, 0.1) is 17.5 Å². The van der Waals surface area contributed by atoms with Gasteiger partial charge in [0.25, 0.3) is 0 Å². The summed E-state index contributed by atoms with van der Waals surface area (Å²) in [5, 5.41) is 15.4. The van der Waals surface area contributed by atoms with Gasteiger partial charge in [0, 0.05) is 24.3 Å². The van der Waals surface area contributed by atoms with E-state index in [4.69, 9.17) is 0 Å². The number of aromatic nitrogens is 2. The summed E-state index contributed by atoms with van der Waals surface area (Å²) in [5.74, 6) is -0.995. The third kappa shape index (κ3) is 5.61. The number of fused-ring (bicyclic) bond motifs is 2. The van der Waals surface area contributed by atoms with Crippen LogP contribution in [-0.2, 0) is 20.9 Å². The van der Waals surface area contributed by atoms with Crippen LogP contribution < -0.4 is 15.5 Å². The van der Waals surface area contributed by atoms with Crippen molar-refractivity contribution in [2.75, 3.05) is 16.8 Å². The molecule has 1 atom stereocenters. The second-order valence-corrected chi connectivity index (χ2v) is 9.07. The molecule has 4 N–H and O–H groups in total. The molecular weight excluding hydrogens is 470 g/mol. The highest BCUT2D eigenvalue weighted by Crippen LogP contribution is 2.36. The lowest BCUT2D eigenvalue weighted by molar-refractivity contribution is -0.137. The van der Waals surface area contributed by atoms with Gasteiger partial charge in [-0.05, 0) is 53.8 Å². The summed E-state index contributed by atoms with van der Waals surface area (Å²) in [6.07, 6.45) is 0.583. The van der Waals surface area contributed by atoms with Crippen molar-refractivity contribution in [1.29, 1.82) is 0 Å². The van der Waals surface area contributed by atoms with Crippen molar-refractivity contribution in [1.82, 2.24) is 15.3 Å². The lowest BCUT2D eigenvalue weighted by Crippen LogP contribution is -2.40. The van der Waals surface area contributed by atoms with Crippen molar-refractivity contribution in [2.45, 2.75) is 31.7 Å². The van der Waals surface area contributed by atoms with E-state index in [1.165, 1.54) is 4.90 Å². The van der Waals surface area contributed by atoms with Gasteiger partial charge in [0.15, 0.2) is 0 Å². The third-order valence-corrected chi connectivity index (χ3v) is 6.49. The molecule has 5 rings (SSSR count). The monoisotopic (exact) mass is 497 g/mol. The maximum atomic E-state index is 12.8. The predicted molar refractivity (Wildman–Crippen MR) is 141 cm³/mol. The van der Waals surface area contributed by atoms with Gasteiger partial charge in [-0.25, -0.2) is 4.98 Å². The Morgan fingerprint density at radius 3 is 2.57 bits per heavy atom. The van der Waals surface area contributed by atoms with Gasteiger partial charge in [0.2, 0.25) is 17.8 Å². The van der Waals surface area contributed by atoms with E-state index < -0.39 is 5.97 Å². The summed E-state index contributed by atoms with van der Waals surface area (Å²) in [7, 11) is 0. The molecule has 1 aliphatic heterocycles. The quantitative estimate of drug-likeness (QED) is 0.287. The van der Waals surface area contributed by atoms with Gasteiger partial charge in [-0.1, -0.05) is 42.5 Å². The maximum Gasteiger partial charge on any atom is 0.303 e. The Balaban J connectivity index is 1.20. The molecule has 0 bridgehead atoms. The van der Waals surface area contributed by atoms with E-state index in [9.17, 15) is 19.5 Å². The minimum atomic E-state index is -0.905. The smallest absolute Gasteiger partial charge is 0.303 e. The number of nitrogens with zero attached hydrogens (tertiary/aromatic N) is 2. The fourth-order valence-electron chi connectivity index (χ4n) is 4.65. The maximum absolute atomic E-state index is 12.8. The van der Waals surface area contributed by atoms with Crippen molar-refractivity contribution in [3.8, 4) is 0 Å². The van der Waals surface area contributed by atoms with Crippen LogP contribution in [-0.4, -0.2) is 39.4 Å². The topological polar surface area (TPSA) is 127 Å². The number of imidazole rings is 1. The van der Waals surface area contributed by atoms with Gasteiger partial charge >= 0.3 is 5.97 Å². The van der Waals surface area contributed by atoms with Crippen molar-refractivity contribution in [3.63, 3.8) is 0 Å². The lowest BCUT2D eigenvalue weighted by Gasteiger charge is -2.23. The summed E-state index contributed by atoms with van der Waals surface area (Å²) < 4.78 is 0. The van der Waals surface area contributed by atoms with Gasteiger partial charge in [-0.3, -0.25) is 14.4 Å². The number of aliphatic carboxylic acids is 1. The molecule has 2 amide bonds. The van der Waals surface area contributed by atoms with E-state index in [-0.39, 0.29) is 37.1 Å². The summed E-state index contributed by atoms with van der Waals surface area (Å²) in [6, 6.07) is 22.7. The van der Waals surface area contributed by atoms with E-state index >= 15 is 0 Å². The number of rotatable bonds is 8. The average Bonchev–Trinajstić information content (AvgIpc) is 3.26. The lowest BCUT2D eigenvalue weighted by atomic mass is 9.91. The first-order valence-electron chi connectivity index (χ1n) is 12.1. The zero-order chi connectivity index (χ0) is 25.8. The number of anilines is 3. The van der Waals surface area contributed by atoms with Crippen LogP contribution in [0.25, 0.3) is 11.0 Å². The Morgan fingerprint density at radius 1 is 1.03 bits per heavy atom. The largest absolute Gasteiger partial charge is 0.481 e. The van der Waals surface area contributed by atoms with E-state index in [2.05, 4.69) is 20.6 Å². The van der Waals surface area contributed by atoms with Crippen molar-refractivity contribution < 1.29 is 19.5 Å². The number of carbonyl (C=O) groups is 3. The molecule has 0 unspecified atom stereocenters. The Morgan fingerprint density at radius 2 is 1.78 bits per heavy atom. The van der Waals surface area contributed by atoms with Crippen molar-refractivity contribution >= 4 is 46.1 Å². The zero-order valence-electron chi connectivity index (χ0n) is 20.1. The normalized spacial score (nSPS) is 15.2. The summed E-state index contributed by atoms with van der Waals surface area (Å²) >= 11 is 0. The van der Waals surface area contributed by atoms with Crippen LogP contribution in [0.3, 0.4) is 0 Å². The number of carboxylic acid groups (broad SMARTS) is 1. The first kappa shape index (κ1) is 24.1. The second kappa shape index (κ2) is 10.5. The van der Waals surface area contributed by atoms with Crippen LogP contribution in [0.2, 0.25) is 0 Å². The standard InChI is InChI=1S/C28H27N5O4/c34-25(17-33-24-8-4-1-5-21(24)19(15-27(36)37)11-14-26(33)35)29-16-18-9-12-20(13-10-18)30-28-31-22-6-2-3-7-23(22)32-28/h1-10,12-13,19H,11,14-17H2,(H,29,34)(H,36,37)(H2,30,31,32)/t19-/m0/s1. The molecule has 0 saturated carbocycles. The van der Waals surface area contributed by atoms with Crippen molar-refractivity contribution in [2.24, 2.45) is 0 Å². The van der Waals surface area contributed by atoms with Crippen LogP contribution >= 0.6 is 0 Å². The van der Waals surface area contributed by atoms with Crippen molar-refractivity contribution in [3.05, 3.63) is 83.9 Å². The molecular formula is C28H27N5O4. The van der Waals surface area contributed by atoms with Crippen LogP contribution in [0, 0.1) is 0 Å². The molecule has 1 aliphatic rings. The first-order valence-corrected chi connectivity index (χ1v) is 12.1. The van der Waals surface area contributed by atoms with Crippen LogP contribution in [0.4, 0.5) is 17.3 Å². The summed E-state index contributed by atoms with van der Waals surface area (Å²) in [4.78, 5) is 46.2. The number of hydrogen-bond donors (Lipinski definition) is 4. The molecule has 0 fully saturated rings. The number of carboxylic acids is 1. The molecule has 0 radical (unpaired) electrons. The molecule has 188 valence electrons. The fraction of sp³-hybridized carbons (Fsp3) is 0.214. The second-order valence-electron chi connectivity index (χ2n) is 9.07. The Labute approximate surface area is 213 Å². The number of carbonyl (C=O) groups excluding carboxylic acids is 2. The summed E-state index contributed by atoms with van der Waals surface area (Å²) in [6.45, 7) is 0.191. The third-order valence-electron chi connectivity index (χ3n) is 6.49. The SMILES string of the molecule is O=C(O)C[C@@H]1CCC(=O)N(CC(=O)NCc2ccc(Nc3nc4ccccc4[nH]3)cc2)c2ccccc21. The van der Waals surface area contributed by atoms with E-state index in [0.29, 0.717) is 24.6 Å². The van der Waals surface area contributed by atoms with Gasteiger partial charge in [0.1, 0.15) is 6.54 Å². The van der Waals surface area contributed by atoms with E-state index in [1.807, 2.05) is 60.7 Å². The van der Waals surface area contributed by atoms with Crippen LogP contribution in [0.5, 0.6) is 0 Å². The highest BCUT2D eigenvalue weighted by Gasteiger charge is 2.30. The minimum absolute atomic E-state index is 0.0501. The molecule has 0 spiro atoms. The molecule has 4 aromatic rings. The molecule has 0 aliphatic carbocycles. The van der Waals surface area contributed by atoms with Crippen LogP contribution in [0.15, 0.2) is 72.8 Å². The Bertz CT molecular complexity index is 1410. The van der Waals surface area contributed by atoms with Crippen LogP contribution in [0.1, 0.15) is 36.3 Å². The predicted octanol–water partition coefficient (Wildman–Crippen LogP) is 4.31. The molecule has 1 aromatic heterocycles. The van der Waals surface area contributed by atoms with Gasteiger partial charge in [-0.15, -0.1) is 0 Å². The zero-order valence-corrected chi connectivity index (χ0v) is 20.1. The number of hydrogen-bond acceptors (Lipinski definition) is 5.